The van der Waals surface area contributed by atoms with Crippen LogP contribution in [-0.2, 0) is 32.6 Å². The van der Waals surface area contributed by atoms with Crippen LogP contribution in [0.25, 0.3) is 0 Å². The van der Waals surface area contributed by atoms with Crippen molar-refractivity contribution >= 4 is 43.5 Å². The molecule has 1 saturated carbocycles. The van der Waals surface area contributed by atoms with E-state index in [1.165, 1.54) is 0 Å². The summed E-state index contributed by atoms with van der Waals surface area (Å²) in [4.78, 5) is 29.7. The van der Waals surface area contributed by atoms with Crippen molar-refractivity contribution in [3.8, 4) is 0 Å². The average Bonchev–Trinajstić information content (AvgIpc) is 2.95. The fourth-order valence-electron chi connectivity index (χ4n) is 5.24. The van der Waals surface area contributed by atoms with Crippen LogP contribution in [0.1, 0.15) is 48.8 Å². The highest BCUT2D eigenvalue weighted by Gasteiger charge is 2.34. The Kier molecular flexibility index (Phi) is 10.6. The molecule has 41 heavy (non-hydrogen) atoms. The molecule has 0 heterocycles. The number of anilines is 1. The van der Waals surface area contributed by atoms with Gasteiger partial charge in [-0.3, -0.25) is 13.9 Å². The summed E-state index contributed by atoms with van der Waals surface area (Å²) in [6.07, 6.45) is 6.52. The molecule has 0 spiro atoms. The van der Waals surface area contributed by atoms with E-state index in [0.29, 0.717) is 16.6 Å². The van der Waals surface area contributed by atoms with E-state index in [-0.39, 0.29) is 18.5 Å². The van der Waals surface area contributed by atoms with E-state index in [0.717, 1.165) is 59.4 Å². The number of hydrogen-bond donors (Lipinski definition) is 1. The van der Waals surface area contributed by atoms with Gasteiger partial charge in [0, 0.05) is 23.5 Å². The number of rotatable bonds is 11. The molecular formula is C32H38BrN3O4S. The quantitative estimate of drug-likeness (QED) is 0.295. The van der Waals surface area contributed by atoms with Crippen LogP contribution in [0.15, 0.2) is 83.3 Å². The van der Waals surface area contributed by atoms with Gasteiger partial charge in [0.25, 0.3) is 0 Å². The van der Waals surface area contributed by atoms with Crippen LogP contribution in [0.5, 0.6) is 0 Å². The van der Waals surface area contributed by atoms with E-state index in [1.54, 1.807) is 29.2 Å². The van der Waals surface area contributed by atoms with E-state index in [9.17, 15) is 18.0 Å². The van der Waals surface area contributed by atoms with Gasteiger partial charge in [-0.25, -0.2) is 8.42 Å². The lowest BCUT2D eigenvalue weighted by molar-refractivity contribution is -0.140. The zero-order chi connectivity index (χ0) is 29.4. The van der Waals surface area contributed by atoms with E-state index in [4.69, 9.17) is 0 Å². The predicted octanol–water partition coefficient (Wildman–Crippen LogP) is 5.61. The summed E-state index contributed by atoms with van der Waals surface area (Å²) >= 11 is 3.43. The Bertz CT molecular complexity index is 1420. The number of para-hydroxylation sites is 1. The van der Waals surface area contributed by atoms with Crippen molar-refractivity contribution in [2.75, 3.05) is 17.1 Å². The molecule has 4 rings (SSSR count). The Labute approximate surface area is 252 Å². The number of hydrogen-bond acceptors (Lipinski definition) is 4. The number of carbonyl (C=O) groups is 2. The smallest absolute Gasteiger partial charge is 0.244 e. The normalized spacial score (nSPS) is 14.7. The van der Waals surface area contributed by atoms with Gasteiger partial charge in [-0.15, -0.1) is 0 Å². The third-order valence-corrected chi connectivity index (χ3v) is 9.29. The zero-order valence-electron chi connectivity index (χ0n) is 23.6. The van der Waals surface area contributed by atoms with Gasteiger partial charge < -0.3 is 10.2 Å². The van der Waals surface area contributed by atoms with Gasteiger partial charge in [0.1, 0.15) is 12.6 Å². The highest BCUT2D eigenvalue weighted by atomic mass is 79.9. The number of aryl methyl sites for hydroxylation is 1. The predicted molar refractivity (Wildman–Crippen MR) is 167 cm³/mol. The molecule has 0 aliphatic heterocycles. The first-order valence-electron chi connectivity index (χ1n) is 14.0. The number of halogens is 1. The van der Waals surface area contributed by atoms with Crippen molar-refractivity contribution in [2.45, 2.75) is 64.1 Å². The Balaban J connectivity index is 1.72. The highest BCUT2D eigenvalue weighted by molar-refractivity contribution is 9.10. The van der Waals surface area contributed by atoms with Crippen LogP contribution in [0, 0.1) is 6.92 Å². The SMILES string of the molecule is Cc1ccc(CN(C(=O)CN(c2ccccc2Br)S(C)(=O)=O)C(Cc2ccccc2)C(=O)NC2CCCCC2)cc1. The summed E-state index contributed by atoms with van der Waals surface area (Å²) in [7, 11) is -3.82. The van der Waals surface area contributed by atoms with Crippen molar-refractivity contribution in [1.29, 1.82) is 0 Å². The van der Waals surface area contributed by atoms with Gasteiger partial charge in [-0.05, 0) is 59.0 Å². The molecule has 0 saturated heterocycles. The topological polar surface area (TPSA) is 86.8 Å². The first-order chi connectivity index (χ1) is 19.6. The number of amides is 2. The lowest BCUT2D eigenvalue weighted by atomic mass is 9.94. The lowest BCUT2D eigenvalue weighted by Gasteiger charge is -2.35. The molecule has 1 N–H and O–H groups in total. The number of nitrogens with zero attached hydrogens (tertiary/aromatic N) is 2. The Morgan fingerprint density at radius 2 is 1.54 bits per heavy atom. The zero-order valence-corrected chi connectivity index (χ0v) is 26.0. The van der Waals surface area contributed by atoms with Gasteiger partial charge >= 0.3 is 0 Å². The van der Waals surface area contributed by atoms with E-state index in [1.807, 2.05) is 61.5 Å². The van der Waals surface area contributed by atoms with E-state index in [2.05, 4.69) is 21.2 Å². The summed E-state index contributed by atoms with van der Waals surface area (Å²) in [6.45, 7) is 1.72. The molecule has 3 aromatic rings. The maximum absolute atomic E-state index is 14.2. The molecule has 1 aliphatic rings. The standard InChI is InChI=1S/C32H38BrN3O4S/c1-24-17-19-26(20-18-24)22-35(31(37)23-36(41(2,39)40)29-16-10-9-15-28(29)33)30(21-25-11-5-3-6-12-25)32(38)34-27-13-7-4-8-14-27/h3,5-6,9-12,15-20,27,30H,4,7-8,13-14,21-23H2,1-2H3,(H,34,38). The van der Waals surface area contributed by atoms with Crippen molar-refractivity contribution in [2.24, 2.45) is 0 Å². The van der Waals surface area contributed by atoms with Crippen LogP contribution in [0.3, 0.4) is 0 Å². The molecule has 9 heteroatoms. The van der Waals surface area contributed by atoms with Gasteiger partial charge in [0.15, 0.2) is 0 Å². The third kappa shape index (κ3) is 8.66. The highest BCUT2D eigenvalue weighted by Crippen LogP contribution is 2.28. The number of benzene rings is 3. The van der Waals surface area contributed by atoms with Crippen LogP contribution < -0.4 is 9.62 Å². The minimum absolute atomic E-state index is 0.0682. The van der Waals surface area contributed by atoms with Gasteiger partial charge in [-0.2, -0.15) is 0 Å². The summed E-state index contributed by atoms with van der Waals surface area (Å²) in [5.41, 5.74) is 3.23. The Morgan fingerprint density at radius 3 is 2.17 bits per heavy atom. The molecule has 1 fully saturated rings. The Hall–Kier alpha value is -3.17. The minimum atomic E-state index is -3.82. The largest absolute Gasteiger partial charge is 0.352 e. The molecular weight excluding hydrogens is 602 g/mol. The van der Waals surface area contributed by atoms with Crippen molar-refractivity contribution in [3.05, 3.63) is 100 Å². The second-order valence-corrected chi connectivity index (χ2v) is 13.5. The first-order valence-corrected chi connectivity index (χ1v) is 16.7. The number of sulfonamides is 1. The number of nitrogens with one attached hydrogen (secondary N) is 1. The van der Waals surface area contributed by atoms with E-state index < -0.39 is 28.5 Å². The van der Waals surface area contributed by atoms with Crippen LogP contribution in [-0.4, -0.2) is 50.0 Å². The summed E-state index contributed by atoms with van der Waals surface area (Å²) in [5.74, 6) is -0.667. The molecule has 218 valence electrons. The molecule has 1 aliphatic carbocycles. The van der Waals surface area contributed by atoms with Crippen LogP contribution in [0.4, 0.5) is 5.69 Å². The average molecular weight is 641 g/mol. The van der Waals surface area contributed by atoms with E-state index >= 15 is 0 Å². The van der Waals surface area contributed by atoms with Crippen LogP contribution in [0.2, 0.25) is 0 Å². The maximum atomic E-state index is 14.2. The number of carbonyl (C=O) groups excluding carboxylic acids is 2. The van der Waals surface area contributed by atoms with Gasteiger partial charge in [0.2, 0.25) is 21.8 Å². The second-order valence-electron chi connectivity index (χ2n) is 10.8. The fraction of sp³-hybridized carbons (Fsp3) is 0.375. The molecule has 0 bridgehead atoms. The fourth-order valence-corrected chi connectivity index (χ4v) is 6.71. The molecule has 0 aromatic heterocycles. The van der Waals surface area contributed by atoms with Gasteiger partial charge in [0.05, 0.1) is 11.9 Å². The monoisotopic (exact) mass is 639 g/mol. The van der Waals surface area contributed by atoms with Crippen LogP contribution >= 0.6 is 15.9 Å². The second kappa shape index (κ2) is 14.1. The summed E-state index contributed by atoms with van der Waals surface area (Å²) < 4.78 is 27.6. The molecule has 1 unspecified atom stereocenters. The van der Waals surface area contributed by atoms with Gasteiger partial charge in [-0.1, -0.05) is 91.6 Å². The third-order valence-electron chi connectivity index (χ3n) is 7.50. The summed E-state index contributed by atoms with van der Waals surface area (Å²) in [5, 5.41) is 3.22. The van der Waals surface area contributed by atoms with Crippen molar-refractivity contribution in [1.82, 2.24) is 10.2 Å². The van der Waals surface area contributed by atoms with Crippen molar-refractivity contribution < 1.29 is 18.0 Å². The molecule has 0 radical (unpaired) electrons. The van der Waals surface area contributed by atoms with Crippen molar-refractivity contribution in [3.63, 3.8) is 0 Å². The Morgan fingerprint density at radius 1 is 0.902 bits per heavy atom. The molecule has 1 atom stereocenters. The first kappa shape index (κ1) is 30.8. The molecule has 3 aromatic carbocycles. The lowest BCUT2D eigenvalue weighted by Crippen LogP contribution is -2.55. The minimum Gasteiger partial charge on any atom is -0.352 e. The molecule has 2 amide bonds. The maximum Gasteiger partial charge on any atom is 0.244 e. The molecule has 7 nitrogen and oxygen atoms in total. The summed E-state index contributed by atoms with van der Waals surface area (Å²) in [6, 6.07) is 23.6.